The Hall–Kier alpha value is -12.2. The van der Waals surface area contributed by atoms with Crippen LogP contribution in [0.25, 0.3) is 32.3 Å². The molecule has 0 aliphatic heterocycles. The Balaban J connectivity index is 1.26. The number of fused-ring (bicyclic) bond motifs is 6. The Labute approximate surface area is 796 Å². The van der Waals surface area contributed by atoms with Gasteiger partial charge >= 0.3 is 35.8 Å². The minimum absolute atomic E-state index is 0.0207. The SMILES string of the molecule is CCCCCCCCOc1cc(F)c(C(=O)Oc2ccc3c(c2)c2cc(OC(=O)c4c(F)cc(OCCCCCCCC)cc4F)c(OC(=O)c4c(F)cc(OCCCCCCCC)cc4F)cc2c2c(OC(=O)c4c(F)cc(OCCCCCCCC)cc4F)c(OC(=O)c4c(F)cc(OCCCCCCCC)cc4F)c(OC(=O)c4c(F)cc(OCCCCCCCC)cc4F)cc32)c(F)c1. The van der Waals surface area contributed by atoms with Crippen LogP contribution in [0, 0.1) is 69.8 Å². The minimum Gasteiger partial charge on any atom is -0.493 e. The first kappa shape index (κ1) is 108. The summed E-state index contributed by atoms with van der Waals surface area (Å²) in [5, 5.41) is -3.70. The van der Waals surface area contributed by atoms with Crippen molar-refractivity contribution >= 4 is 68.1 Å². The first-order valence-electron chi connectivity index (χ1n) is 48.3. The second kappa shape index (κ2) is 55.4. The average molecular weight is 1930 g/mol. The van der Waals surface area contributed by atoms with Gasteiger partial charge in [-0.05, 0) is 95.8 Å². The van der Waals surface area contributed by atoms with Gasteiger partial charge in [0, 0.05) is 78.2 Å². The monoisotopic (exact) mass is 1930 g/mol. The summed E-state index contributed by atoms with van der Waals surface area (Å²) in [6, 6.07) is 12.6. The van der Waals surface area contributed by atoms with Crippen molar-refractivity contribution < 1.29 is 138 Å². The van der Waals surface area contributed by atoms with Gasteiger partial charge in [-0.1, -0.05) is 240 Å². The van der Waals surface area contributed by atoms with Gasteiger partial charge in [0.15, 0.2) is 23.0 Å². The quantitative estimate of drug-likeness (QED) is 0.0114. The van der Waals surface area contributed by atoms with E-state index in [0.717, 1.165) is 191 Å². The van der Waals surface area contributed by atoms with Crippen LogP contribution in [0.4, 0.5) is 52.7 Å². The zero-order chi connectivity index (χ0) is 99.2. The Morgan fingerprint density at radius 2 is 0.384 bits per heavy atom. The van der Waals surface area contributed by atoms with Crippen LogP contribution in [0.3, 0.4) is 0 Å². The first-order valence-corrected chi connectivity index (χ1v) is 48.3. The third-order valence-corrected chi connectivity index (χ3v) is 23.3. The van der Waals surface area contributed by atoms with Crippen LogP contribution in [0.5, 0.6) is 69.0 Å². The molecule has 0 fully saturated rings. The van der Waals surface area contributed by atoms with E-state index in [-0.39, 0.29) is 51.1 Å². The van der Waals surface area contributed by atoms with Crippen molar-refractivity contribution in [3.8, 4) is 69.0 Å². The van der Waals surface area contributed by atoms with E-state index in [9.17, 15) is 9.59 Å². The number of rotatable bonds is 60. The van der Waals surface area contributed by atoms with Gasteiger partial charge in [0.1, 0.15) is 143 Å². The molecule has 0 saturated carbocycles. The standard InChI is InChI=1S/C108H120F12O18/c1-7-13-19-25-31-37-45-127-68-52-79(109)95(80(110)53-68)103(121)133-67-43-44-74-75(51-67)76-64-91(134-104(122)96-81(111)54-69(55-82(96)112)128-46-38-32-26-20-14-8-2)92(135-105(123)97-83(113)56-70(57-84(97)114)129-47-39-33-27-21-15-9-3)65-78(76)94-77(74)66-93(136-106(124)98-85(115)58-71(59-86(98)116)130-48-40-34-28-22-16-10-4)101(137-107(125)99-87(117)60-72(61-88(99)118)131-49-41-35-29-23-17-11-5)102(94)138-108(126)100-89(119)62-73(63-90(100)120)132-50-42-36-30-24-18-12-6/h43-44,51-66H,7-42,45-50H2,1-6H3. The highest BCUT2D eigenvalue weighted by atomic mass is 19.2. The highest BCUT2D eigenvalue weighted by molar-refractivity contribution is 6.29. The molecule has 0 aliphatic carbocycles. The predicted molar refractivity (Wildman–Crippen MR) is 500 cm³/mol. The minimum atomic E-state index is -2.14. The van der Waals surface area contributed by atoms with Crippen LogP contribution in [-0.2, 0) is 0 Å². The van der Waals surface area contributed by atoms with Crippen LogP contribution in [0.15, 0.2) is 109 Å². The van der Waals surface area contributed by atoms with Gasteiger partial charge in [0.25, 0.3) is 0 Å². The smallest absolute Gasteiger partial charge is 0.349 e. The maximum atomic E-state index is 17.2. The molecule has 10 aromatic carbocycles. The summed E-state index contributed by atoms with van der Waals surface area (Å²) in [6.07, 6.45) is 28.8. The summed E-state index contributed by atoms with van der Waals surface area (Å²) in [6.45, 7) is 12.0. The van der Waals surface area contributed by atoms with E-state index in [1.807, 2.05) is 34.6 Å². The molecule has 0 heterocycles. The molecule has 744 valence electrons. The molecule has 0 aromatic heterocycles. The largest absolute Gasteiger partial charge is 0.493 e. The molecule has 10 aromatic rings. The van der Waals surface area contributed by atoms with Crippen molar-refractivity contribution in [1.29, 1.82) is 0 Å². The lowest BCUT2D eigenvalue weighted by molar-refractivity contribution is 0.0647. The molecular formula is C108H120F12O18. The molecular weight excluding hydrogens is 1810 g/mol. The maximum Gasteiger partial charge on any atom is 0.349 e. The molecule has 18 nitrogen and oxygen atoms in total. The van der Waals surface area contributed by atoms with Crippen LogP contribution in [-0.4, -0.2) is 75.5 Å². The van der Waals surface area contributed by atoms with Gasteiger partial charge < -0.3 is 56.8 Å². The second-order valence-electron chi connectivity index (χ2n) is 34.1. The third-order valence-electron chi connectivity index (χ3n) is 23.3. The van der Waals surface area contributed by atoms with Crippen LogP contribution < -0.4 is 56.8 Å². The van der Waals surface area contributed by atoms with E-state index in [1.54, 1.807) is 0 Å². The van der Waals surface area contributed by atoms with Gasteiger partial charge in [-0.2, -0.15) is 0 Å². The van der Waals surface area contributed by atoms with Crippen LogP contribution >= 0.6 is 0 Å². The van der Waals surface area contributed by atoms with Crippen molar-refractivity contribution in [1.82, 2.24) is 0 Å². The number of halogens is 12. The van der Waals surface area contributed by atoms with Gasteiger partial charge in [-0.15, -0.1) is 0 Å². The molecule has 138 heavy (non-hydrogen) atoms. The topological polar surface area (TPSA) is 213 Å². The Morgan fingerprint density at radius 1 is 0.188 bits per heavy atom. The van der Waals surface area contributed by atoms with Gasteiger partial charge in [-0.25, -0.2) is 81.5 Å². The van der Waals surface area contributed by atoms with Crippen molar-refractivity contribution in [3.05, 3.63) is 212 Å². The number of unbranched alkanes of at least 4 members (excludes halogenated alkanes) is 30. The summed E-state index contributed by atoms with van der Waals surface area (Å²) in [5.41, 5.74) is -8.89. The van der Waals surface area contributed by atoms with E-state index in [0.29, 0.717) is 149 Å². The summed E-state index contributed by atoms with van der Waals surface area (Å²) in [7, 11) is 0. The lowest BCUT2D eigenvalue weighted by Crippen LogP contribution is -2.19. The number of esters is 6. The fourth-order valence-corrected chi connectivity index (χ4v) is 15.9. The van der Waals surface area contributed by atoms with Crippen molar-refractivity contribution in [2.45, 2.75) is 273 Å². The third kappa shape index (κ3) is 30.6. The van der Waals surface area contributed by atoms with E-state index >= 15 is 71.9 Å². The highest BCUT2D eigenvalue weighted by Gasteiger charge is 2.36. The number of carbonyl (C=O) groups excluding carboxylic acids is 6. The lowest BCUT2D eigenvalue weighted by Gasteiger charge is -2.21. The number of benzene rings is 10. The number of ether oxygens (including phenoxy) is 12. The zero-order valence-corrected chi connectivity index (χ0v) is 79.0. The average Bonchev–Trinajstić information content (AvgIpc) is 0.712. The molecule has 0 saturated heterocycles. The fourth-order valence-electron chi connectivity index (χ4n) is 15.9. The fraction of sp³-hybridized carbons (Fsp3) is 0.444. The molecule has 0 bridgehead atoms. The Morgan fingerprint density at radius 3 is 0.645 bits per heavy atom. The van der Waals surface area contributed by atoms with E-state index < -0.39 is 229 Å². The Kier molecular flexibility index (Phi) is 43.3. The van der Waals surface area contributed by atoms with E-state index in [2.05, 4.69) is 6.92 Å². The van der Waals surface area contributed by atoms with Crippen molar-refractivity contribution in [2.24, 2.45) is 0 Å². The summed E-state index contributed by atoms with van der Waals surface area (Å²) >= 11 is 0. The normalized spacial score (nSPS) is 11.3. The first-order chi connectivity index (χ1) is 66.7. The summed E-state index contributed by atoms with van der Waals surface area (Å²) in [5.74, 6) is -41.4. The predicted octanol–water partition coefficient (Wildman–Crippen LogP) is 30.6. The lowest BCUT2D eigenvalue weighted by atomic mass is 9.92. The summed E-state index contributed by atoms with van der Waals surface area (Å²) < 4.78 is 271. The Bertz CT molecular complexity index is 5690. The van der Waals surface area contributed by atoms with Crippen molar-refractivity contribution in [3.63, 3.8) is 0 Å². The second-order valence-corrected chi connectivity index (χ2v) is 34.1. The molecule has 0 amide bonds. The zero-order valence-electron chi connectivity index (χ0n) is 79.0. The number of carbonyl (C=O) groups is 6. The van der Waals surface area contributed by atoms with Crippen molar-refractivity contribution in [2.75, 3.05) is 39.6 Å². The molecule has 0 radical (unpaired) electrons. The summed E-state index contributed by atoms with van der Waals surface area (Å²) in [4.78, 5) is 90.3. The van der Waals surface area contributed by atoms with Crippen LogP contribution in [0.1, 0.15) is 335 Å². The highest BCUT2D eigenvalue weighted by Crippen LogP contribution is 2.53. The molecule has 0 atom stereocenters. The van der Waals surface area contributed by atoms with Gasteiger partial charge in [0.2, 0.25) is 5.75 Å². The van der Waals surface area contributed by atoms with Gasteiger partial charge in [-0.3, -0.25) is 0 Å². The number of hydrogen-bond donors (Lipinski definition) is 0. The molecule has 0 spiro atoms. The van der Waals surface area contributed by atoms with Gasteiger partial charge in [0.05, 0.1) is 39.6 Å². The van der Waals surface area contributed by atoms with E-state index in [1.165, 1.54) is 0 Å². The maximum absolute atomic E-state index is 17.2. The molecule has 0 unspecified atom stereocenters. The van der Waals surface area contributed by atoms with E-state index in [4.69, 9.17) is 56.8 Å². The van der Waals surface area contributed by atoms with Crippen LogP contribution in [0.2, 0.25) is 0 Å². The molecule has 10 rings (SSSR count). The number of hydrogen-bond acceptors (Lipinski definition) is 18. The molecule has 30 heteroatoms. The molecule has 0 aliphatic rings. The molecule has 0 N–H and O–H groups in total.